The molecule has 0 saturated carbocycles. The van der Waals surface area contributed by atoms with Crippen molar-refractivity contribution in [1.29, 1.82) is 0 Å². The van der Waals surface area contributed by atoms with Crippen molar-refractivity contribution in [2.45, 2.75) is 45.1 Å². The minimum Gasteiger partial charge on any atom is -0.480 e. The van der Waals surface area contributed by atoms with Crippen LogP contribution in [0.5, 0.6) is 0 Å². The van der Waals surface area contributed by atoms with E-state index in [4.69, 9.17) is 0 Å². The van der Waals surface area contributed by atoms with E-state index in [0.717, 1.165) is 36.6 Å². The van der Waals surface area contributed by atoms with Crippen molar-refractivity contribution < 1.29 is 14.7 Å². The average Bonchev–Trinajstić information content (AvgIpc) is 2.56. The van der Waals surface area contributed by atoms with Crippen LogP contribution in [0.2, 0.25) is 0 Å². The number of carbonyl (C=O) groups excluding carboxylic acids is 1. The second-order valence-corrected chi connectivity index (χ2v) is 5.63. The van der Waals surface area contributed by atoms with Gasteiger partial charge in [0.15, 0.2) is 0 Å². The number of benzene rings is 1. The summed E-state index contributed by atoms with van der Waals surface area (Å²) in [4.78, 5) is 27.8. The number of nitrogens with zero attached hydrogens (tertiary/aromatic N) is 1. The molecule has 1 aromatic carbocycles. The SMILES string of the molecule is CCCCCC[C@@H](NC(=O)c1cnc2ccccc2c1)C(=O)O. The van der Waals surface area contributed by atoms with Crippen LogP contribution in [0.1, 0.15) is 49.4 Å². The Morgan fingerprint density at radius 1 is 1.22 bits per heavy atom. The monoisotopic (exact) mass is 314 g/mol. The van der Waals surface area contributed by atoms with Gasteiger partial charge in [-0.1, -0.05) is 50.8 Å². The number of aliphatic carboxylic acids is 1. The van der Waals surface area contributed by atoms with Gasteiger partial charge in [-0.05, 0) is 18.6 Å². The van der Waals surface area contributed by atoms with Crippen molar-refractivity contribution in [1.82, 2.24) is 10.3 Å². The van der Waals surface area contributed by atoms with Crippen LogP contribution in [0.4, 0.5) is 0 Å². The van der Waals surface area contributed by atoms with E-state index in [9.17, 15) is 14.7 Å². The molecule has 0 saturated heterocycles. The largest absolute Gasteiger partial charge is 0.480 e. The summed E-state index contributed by atoms with van der Waals surface area (Å²) in [5.74, 6) is -1.39. The highest BCUT2D eigenvalue weighted by Crippen LogP contribution is 2.13. The Morgan fingerprint density at radius 2 is 2.00 bits per heavy atom. The first-order valence-corrected chi connectivity index (χ1v) is 8.00. The highest BCUT2D eigenvalue weighted by atomic mass is 16.4. The normalized spacial score (nSPS) is 12.0. The number of hydrogen-bond acceptors (Lipinski definition) is 3. The Labute approximate surface area is 135 Å². The van der Waals surface area contributed by atoms with Gasteiger partial charge in [0.1, 0.15) is 6.04 Å². The number of carboxylic acid groups (broad SMARTS) is 1. The molecule has 0 spiro atoms. The second-order valence-electron chi connectivity index (χ2n) is 5.63. The van der Waals surface area contributed by atoms with Gasteiger partial charge in [0.25, 0.3) is 5.91 Å². The van der Waals surface area contributed by atoms with Gasteiger partial charge in [-0.15, -0.1) is 0 Å². The first kappa shape index (κ1) is 16.9. The van der Waals surface area contributed by atoms with Gasteiger partial charge in [-0.2, -0.15) is 0 Å². The van der Waals surface area contributed by atoms with Crippen LogP contribution in [0.15, 0.2) is 36.5 Å². The zero-order valence-electron chi connectivity index (χ0n) is 13.3. The summed E-state index contributed by atoms with van der Waals surface area (Å²) in [5.41, 5.74) is 1.18. The minimum atomic E-state index is -0.997. The van der Waals surface area contributed by atoms with Crippen LogP contribution >= 0.6 is 0 Å². The summed E-state index contributed by atoms with van der Waals surface area (Å²) in [6.07, 6.45) is 5.87. The summed E-state index contributed by atoms with van der Waals surface area (Å²) in [6, 6.07) is 8.37. The van der Waals surface area contributed by atoms with Gasteiger partial charge in [0.05, 0.1) is 11.1 Å². The summed E-state index contributed by atoms with van der Waals surface area (Å²) in [6.45, 7) is 2.10. The molecule has 5 heteroatoms. The van der Waals surface area contributed by atoms with E-state index in [1.165, 1.54) is 6.20 Å². The summed E-state index contributed by atoms with van der Waals surface area (Å²) in [7, 11) is 0. The van der Waals surface area contributed by atoms with Crippen molar-refractivity contribution in [2.24, 2.45) is 0 Å². The lowest BCUT2D eigenvalue weighted by atomic mass is 10.1. The standard InChI is InChI=1S/C18H22N2O3/c1-2-3-4-5-10-16(18(22)23)20-17(21)14-11-13-8-6-7-9-15(13)19-12-14/h6-9,11-12,16H,2-5,10H2,1H3,(H,20,21)(H,22,23)/t16-/m1/s1. The van der Waals surface area contributed by atoms with Gasteiger partial charge in [-0.25, -0.2) is 4.79 Å². The topological polar surface area (TPSA) is 79.3 Å². The molecule has 0 aliphatic rings. The molecule has 1 amide bonds. The number of carboxylic acids is 1. The molecule has 0 unspecified atom stereocenters. The molecule has 1 heterocycles. The Hall–Kier alpha value is -2.43. The molecular weight excluding hydrogens is 292 g/mol. The second kappa shape index (κ2) is 8.27. The molecular formula is C18H22N2O3. The van der Waals surface area contributed by atoms with E-state index in [-0.39, 0.29) is 0 Å². The predicted octanol–water partition coefficient (Wildman–Crippen LogP) is 3.39. The van der Waals surface area contributed by atoms with Crippen LogP contribution in [-0.2, 0) is 4.79 Å². The number of unbranched alkanes of at least 4 members (excludes halogenated alkanes) is 3. The first-order chi connectivity index (χ1) is 11.1. The van der Waals surface area contributed by atoms with Crippen LogP contribution in [-0.4, -0.2) is 28.0 Å². The molecule has 5 nitrogen and oxygen atoms in total. The van der Waals surface area contributed by atoms with Crippen LogP contribution < -0.4 is 5.32 Å². The van der Waals surface area contributed by atoms with E-state index in [0.29, 0.717) is 12.0 Å². The Balaban J connectivity index is 2.03. The number of hydrogen-bond donors (Lipinski definition) is 2. The van der Waals surface area contributed by atoms with E-state index >= 15 is 0 Å². The van der Waals surface area contributed by atoms with E-state index in [2.05, 4.69) is 17.2 Å². The highest BCUT2D eigenvalue weighted by molar-refractivity contribution is 5.99. The molecule has 0 aliphatic carbocycles. The molecule has 1 aromatic heterocycles. The van der Waals surface area contributed by atoms with E-state index in [1.807, 2.05) is 24.3 Å². The summed E-state index contributed by atoms with van der Waals surface area (Å²) >= 11 is 0. The molecule has 2 N–H and O–H groups in total. The Kier molecular flexibility index (Phi) is 6.09. The number of nitrogens with one attached hydrogen (secondary N) is 1. The van der Waals surface area contributed by atoms with Gasteiger partial charge < -0.3 is 10.4 Å². The van der Waals surface area contributed by atoms with Crippen molar-refractivity contribution in [3.63, 3.8) is 0 Å². The minimum absolute atomic E-state index is 0.378. The van der Waals surface area contributed by atoms with Crippen molar-refractivity contribution in [3.8, 4) is 0 Å². The van der Waals surface area contributed by atoms with Gasteiger partial charge in [0.2, 0.25) is 0 Å². The molecule has 2 aromatic rings. The number of aromatic nitrogens is 1. The Bertz CT molecular complexity index is 685. The highest BCUT2D eigenvalue weighted by Gasteiger charge is 2.20. The number of fused-ring (bicyclic) bond motifs is 1. The predicted molar refractivity (Wildman–Crippen MR) is 89.4 cm³/mol. The third kappa shape index (κ3) is 4.77. The molecule has 23 heavy (non-hydrogen) atoms. The van der Waals surface area contributed by atoms with E-state index in [1.54, 1.807) is 6.07 Å². The van der Waals surface area contributed by atoms with Crippen molar-refractivity contribution in [2.75, 3.05) is 0 Å². The van der Waals surface area contributed by atoms with E-state index < -0.39 is 17.9 Å². The van der Waals surface area contributed by atoms with Gasteiger partial charge >= 0.3 is 5.97 Å². The fourth-order valence-electron chi connectivity index (χ4n) is 2.47. The number of pyridine rings is 1. The quantitative estimate of drug-likeness (QED) is 0.732. The number of carbonyl (C=O) groups is 2. The fraction of sp³-hybridized carbons (Fsp3) is 0.389. The fourth-order valence-corrected chi connectivity index (χ4v) is 2.47. The molecule has 1 atom stereocenters. The van der Waals surface area contributed by atoms with Crippen LogP contribution in [0.3, 0.4) is 0 Å². The molecule has 0 bridgehead atoms. The third-order valence-corrected chi connectivity index (χ3v) is 3.80. The lowest BCUT2D eigenvalue weighted by molar-refractivity contribution is -0.139. The zero-order valence-corrected chi connectivity index (χ0v) is 13.3. The zero-order chi connectivity index (χ0) is 16.7. The molecule has 0 aliphatic heterocycles. The smallest absolute Gasteiger partial charge is 0.326 e. The molecule has 2 rings (SSSR count). The lowest BCUT2D eigenvalue weighted by Gasteiger charge is -2.14. The number of rotatable bonds is 8. The molecule has 0 fully saturated rings. The maximum atomic E-state index is 12.3. The summed E-state index contributed by atoms with van der Waals surface area (Å²) < 4.78 is 0. The Morgan fingerprint density at radius 3 is 2.74 bits per heavy atom. The maximum absolute atomic E-state index is 12.3. The molecule has 0 radical (unpaired) electrons. The summed E-state index contributed by atoms with van der Waals surface area (Å²) in [5, 5.41) is 12.7. The van der Waals surface area contributed by atoms with Crippen molar-refractivity contribution >= 4 is 22.8 Å². The number of para-hydroxylation sites is 1. The van der Waals surface area contributed by atoms with Crippen molar-refractivity contribution in [3.05, 3.63) is 42.1 Å². The van der Waals surface area contributed by atoms with Gasteiger partial charge in [0, 0.05) is 11.6 Å². The molecule has 122 valence electrons. The maximum Gasteiger partial charge on any atom is 0.326 e. The van der Waals surface area contributed by atoms with Crippen LogP contribution in [0.25, 0.3) is 10.9 Å². The third-order valence-electron chi connectivity index (χ3n) is 3.80. The van der Waals surface area contributed by atoms with Crippen LogP contribution in [0, 0.1) is 0 Å². The average molecular weight is 314 g/mol. The number of amides is 1. The first-order valence-electron chi connectivity index (χ1n) is 8.00. The van der Waals surface area contributed by atoms with Gasteiger partial charge in [-0.3, -0.25) is 9.78 Å². The lowest BCUT2D eigenvalue weighted by Crippen LogP contribution is -2.40.